The second-order valence-corrected chi connectivity index (χ2v) is 4.37. The number of nitrogens with one attached hydrogen (secondary N) is 1. The second-order valence-electron chi connectivity index (χ2n) is 4.37. The van der Waals surface area contributed by atoms with Gasteiger partial charge in [-0.2, -0.15) is 0 Å². The van der Waals surface area contributed by atoms with Crippen molar-refractivity contribution in [1.82, 2.24) is 5.32 Å². The van der Waals surface area contributed by atoms with E-state index in [1.807, 2.05) is 6.92 Å². The molecule has 0 aliphatic carbocycles. The van der Waals surface area contributed by atoms with Crippen LogP contribution in [-0.4, -0.2) is 37.4 Å². The minimum atomic E-state index is -0.524. The van der Waals surface area contributed by atoms with Gasteiger partial charge in [-0.3, -0.25) is 10.1 Å². The van der Waals surface area contributed by atoms with Crippen LogP contribution in [0.4, 0.5) is 0 Å². The Labute approximate surface area is 97.7 Å². The van der Waals surface area contributed by atoms with Crippen LogP contribution in [-0.2, 0) is 14.3 Å². The molecule has 1 heterocycles. The quantitative estimate of drug-likeness (QED) is 0.726. The maximum Gasteiger partial charge on any atom is 0.326 e. The van der Waals surface area contributed by atoms with Crippen molar-refractivity contribution in [2.75, 3.05) is 19.8 Å². The summed E-state index contributed by atoms with van der Waals surface area (Å²) in [5, 5.41) is 3.41. The van der Waals surface area contributed by atoms with Crippen molar-refractivity contribution in [1.29, 1.82) is 0 Å². The monoisotopic (exact) mass is 229 g/mol. The first-order valence-corrected chi connectivity index (χ1v) is 6.17. The summed E-state index contributed by atoms with van der Waals surface area (Å²) in [6, 6.07) is 0.322. The van der Waals surface area contributed by atoms with Crippen LogP contribution >= 0.6 is 0 Å². The molecule has 0 aromatic carbocycles. The molecular weight excluding hydrogens is 206 g/mol. The van der Waals surface area contributed by atoms with Gasteiger partial charge in [0.15, 0.2) is 0 Å². The van der Waals surface area contributed by atoms with Gasteiger partial charge in [-0.15, -0.1) is 0 Å². The molecule has 0 amide bonds. The maximum absolute atomic E-state index is 12.0. The number of hydrogen-bond acceptors (Lipinski definition) is 4. The van der Waals surface area contributed by atoms with E-state index < -0.39 is 5.54 Å². The minimum absolute atomic E-state index is 0.126. The number of carbonyl (C=O) groups excluding carboxylic acids is 1. The molecule has 0 spiro atoms. The van der Waals surface area contributed by atoms with Crippen molar-refractivity contribution in [3.63, 3.8) is 0 Å². The van der Waals surface area contributed by atoms with Crippen LogP contribution < -0.4 is 5.32 Å². The highest BCUT2D eigenvalue weighted by molar-refractivity contribution is 5.81. The number of carbonyl (C=O) groups is 1. The molecule has 1 aliphatic heterocycles. The molecule has 1 rings (SSSR count). The summed E-state index contributed by atoms with van der Waals surface area (Å²) in [5.74, 6) is -0.126. The molecule has 0 radical (unpaired) electrons. The fourth-order valence-electron chi connectivity index (χ4n) is 1.97. The van der Waals surface area contributed by atoms with Gasteiger partial charge in [-0.1, -0.05) is 6.92 Å². The van der Waals surface area contributed by atoms with E-state index in [1.165, 1.54) is 0 Å². The highest BCUT2D eigenvalue weighted by Gasteiger charge is 2.41. The van der Waals surface area contributed by atoms with Crippen LogP contribution in [0.2, 0.25) is 0 Å². The van der Waals surface area contributed by atoms with Gasteiger partial charge in [-0.25, -0.2) is 0 Å². The number of hydrogen-bond donors (Lipinski definition) is 1. The van der Waals surface area contributed by atoms with E-state index in [2.05, 4.69) is 19.2 Å². The van der Waals surface area contributed by atoms with Crippen LogP contribution in [0, 0.1) is 0 Å². The zero-order valence-corrected chi connectivity index (χ0v) is 10.5. The van der Waals surface area contributed by atoms with E-state index in [1.54, 1.807) is 0 Å². The lowest BCUT2D eigenvalue weighted by atomic mass is 9.89. The lowest BCUT2D eigenvalue weighted by molar-refractivity contribution is -0.156. The SMILES string of the molecule is CCOC(=O)C1(NC(C)CC)CCOCC1. The highest BCUT2D eigenvalue weighted by atomic mass is 16.5. The number of esters is 1. The van der Waals surface area contributed by atoms with Crippen molar-refractivity contribution in [2.24, 2.45) is 0 Å². The van der Waals surface area contributed by atoms with Crippen LogP contribution in [0.25, 0.3) is 0 Å². The lowest BCUT2D eigenvalue weighted by Crippen LogP contribution is -2.58. The third-order valence-corrected chi connectivity index (χ3v) is 3.15. The molecule has 1 fully saturated rings. The van der Waals surface area contributed by atoms with Crippen molar-refractivity contribution < 1.29 is 14.3 Å². The summed E-state index contributed by atoms with van der Waals surface area (Å²) >= 11 is 0. The van der Waals surface area contributed by atoms with E-state index in [4.69, 9.17) is 9.47 Å². The molecule has 1 atom stereocenters. The summed E-state index contributed by atoms with van der Waals surface area (Å²) in [6.07, 6.45) is 2.41. The fourth-order valence-corrected chi connectivity index (χ4v) is 1.97. The molecule has 4 nitrogen and oxygen atoms in total. The van der Waals surface area contributed by atoms with Crippen molar-refractivity contribution in [3.05, 3.63) is 0 Å². The lowest BCUT2D eigenvalue weighted by Gasteiger charge is -2.37. The highest BCUT2D eigenvalue weighted by Crippen LogP contribution is 2.23. The zero-order valence-electron chi connectivity index (χ0n) is 10.5. The molecule has 0 saturated carbocycles. The van der Waals surface area contributed by atoms with E-state index >= 15 is 0 Å². The predicted octanol–water partition coefficient (Wildman–Crippen LogP) is 1.49. The Morgan fingerprint density at radius 3 is 2.56 bits per heavy atom. The van der Waals surface area contributed by atoms with Crippen molar-refractivity contribution in [2.45, 2.75) is 51.6 Å². The van der Waals surface area contributed by atoms with Gasteiger partial charge in [0.2, 0.25) is 0 Å². The van der Waals surface area contributed by atoms with Crippen LogP contribution in [0.15, 0.2) is 0 Å². The Bertz CT molecular complexity index is 224. The molecule has 4 heteroatoms. The van der Waals surface area contributed by atoms with Crippen LogP contribution in [0.1, 0.15) is 40.0 Å². The maximum atomic E-state index is 12.0. The molecule has 1 N–H and O–H groups in total. The summed E-state index contributed by atoms with van der Waals surface area (Å²) in [4.78, 5) is 12.0. The number of ether oxygens (including phenoxy) is 2. The minimum Gasteiger partial charge on any atom is -0.465 e. The normalized spacial score (nSPS) is 21.4. The first-order valence-electron chi connectivity index (χ1n) is 6.17. The van der Waals surface area contributed by atoms with Gasteiger partial charge in [0, 0.05) is 19.3 Å². The Morgan fingerprint density at radius 1 is 1.44 bits per heavy atom. The molecular formula is C12H23NO3. The first kappa shape index (κ1) is 13.5. The number of rotatable bonds is 5. The van der Waals surface area contributed by atoms with E-state index in [0.717, 1.165) is 6.42 Å². The standard InChI is InChI=1S/C12H23NO3/c1-4-10(3)13-12(11(14)16-5-2)6-8-15-9-7-12/h10,13H,4-9H2,1-3H3. The molecule has 0 aromatic rings. The van der Waals surface area contributed by atoms with Crippen molar-refractivity contribution in [3.8, 4) is 0 Å². The van der Waals surface area contributed by atoms with Gasteiger partial charge >= 0.3 is 5.97 Å². The molecule has 1 saturated heterocycles. The third kappa shape index (κ3) is 3.19. The molecule has 1 aliphatic rings. The summed E-state index contributed by atoms with van der Waals surface area (Å²) in [7, 11) is 0. The molecule has 94 valence electrons. The van der Waals surface area contributed by atoms with Gasteiger partial charge in [0.05, 0.1) is 6.61 Å². The average molecular weight is 229 g/mol. The first-order chi connectivity index (χ1) is 7.64. The fraction of sp³-hybridized carbons (Fsp3) is 0.917. The smallest absolute Gasteiger partial charge is 0.326 e. The summed E-state index contributed by atoms with van der Waals surface area (Å²) in [5.41, 5.74) is -0.524. The Balaban J connectivity index is 2.70. The summed E-state index contributed by atoms with van der Waals surface area (Å²) < 4.78 is 10.5. The van der Waals surface area contributed by atoms with Crippen molar-refractivity contribution >= 4 is 5.97 Å². The van der Waals surface area contributed by atoms with Gasteiger partial charge in [-0.05, 0) is 33.1 Å². The topological polar surface area (TPSA) is 47.6 Å². The Kier molecular flexibility index (Phi) is 5.22. The van der Waals surface area contributed by atoms with Crippen LogP contribution in [0.3, 0.4) is 0 Å². The third-order valence-electron chi connectivity index (χ3n) is 3.15. The molecule has 0 bridgehead atoms. The van der Waals surface area contributed by atoms with E-state index in [9.17, 15) is 4.79 Å². The predicted molar refractivity (Wildman–Crippen MR) is 62.3 cm³/mol. The molecule has 0 aromatic heterocycles. The van der Waals surface area contributed by atoms with Gasteiger partial charge < -0.3 is 9.47 Å². The largest absolute Gasteiger partial charge is 0.465 e. The zero-order chi connectivity index (χ0) is 12.0. The van der Waals surface area contributed by atoms with E-state index in [0.29, 0.717) is 38.7 Å². The Morgan fingerprint density at radius 2 is 2.06 bits per heavy atom. The van der Waals surface area contributed by atoms with Crippen LogP contribution in [0.5, 0.6) is 0 Å². The molecule has 1 unspecified atom stereocenters. The van der Waals surface area contributed by atoms with E-state index in [-0.39, 0.29) is 5.97 Å². The summed E-state index contributed by atoms with van der Waals surface area (Å²) in [6.45, 7) is 7.73. The molecule has 16 heavy (non-hydrogen) atoms. The average Bonchev–Trinajstić information content (AvgIpc) is 2.30. The Hall–Kier alpha value is -0.610. The van der Waals surface area contributed by atoms with Gasteiger partial charge in [0.25, 0.3) is 0 Å². The van der Waals surface area contributed by atoms with Gasteiger partial charge in [0.1, 0.15) is 5.54 Å². The second kappa shape index (κ2) is 6.21.